The van der Waals surface area contributed by atoms with Gasteiger partial charge in [-0.05, 0) is 47.0 Å². The highest BCUT2D eigenvalue weighted by molar-refractivity contribution is 9.10. The van der Waals surface area contributed by atoms with Gasteiger partial charge in [0.25, 0.3) is 5.91 Å². The molecular weight excluding hydrogens is 382 g/mol. The van der Waals surface area contributed by atoms with Crippen LogP contribution in [0.2, 0.25) is 0 Å². The molecule has 2 rings (SSSR count). The lowest BCUT2D eigenvalue weighted by molar-refractivity contribution is 0.0742. The fraction of sp³-hybridized carbons (Fsp3) is 0.350. The molecule has 0 spiro atoms. The van der Waals surface area contributed by atoms with Crippen LogP contribution in [0.4, 0.5) is 0 Å². The Bertz CT molecular complexity index is 704. The number of amides is 1. The van der Waals surface area contributed by atoms with Gasteiger partial charge in [0, 0.05) is 18.7 Å². The van der Waals surface area contributed by atoms with Gasteiger partial charge in [-0.3, -0.25) is 4.79 Å². The highest BCUT2D eigenvalue weighted by Crippen LogP contribution is 2.37. The lowest BCUT2D eigenvalue weighted by atomic mass is 10.1. The van der Waals surface area contributed by atoms with Crippen LogP contribution < -0.4 is 9.47 Å². The normalized spacial score (nSPS) is 10.4. The van der Waals surface area contributed by atoms with Crippen LogP contribution in [0.1, 0.15) is 36.2 Å². The number of carbonyl (C=O) groups excluding carboxylic acids is 1. The van der Waals surface area contributed by atoms with Gasteiger partial charge in [0.2, 0.25) is 0 Å². The maximum absolute atomic E-state index is 13.0. The quantitative estimate of drug-likeness (QED) is 0.626. The molecule has 0 aliphatic heterocycles. The summed E-state index contributed by atoms with van der Waals surface area (Å²) in [7, 11) is 1.58. The lowest BCUT2D eigenvalue weighted by Crippen LogP contribution is -2.31. The predicted octanol–water partition coefficient (Wildman–Crippen LogP) is 4.91. The molecule has 0 radical (unpaired) electrons. The molecule has 0 bridgehead atoms. The Kier molecular flexibility index (Phi) is 7.31. The minimum atomic E-state index is -0.0206. The maximum atomic E-state index is 13.0. The largest absolute Gasteiger partial charge is 0.493 e. The van der Waals surface area contributed by atoms with Crippen molar-refractivity contribution in [1.29, 1.82) is 0 Å². The summed E-state index contributed by atoms with van der Waals surface area (Å²) in [4.78, 5) is 14.9. The molecule has 0 aliphatic rings. The van der Waals surface area contributed by atoms with Gasteiger partial charge in [0.05, 0.1) is 18.2 Å². The summed E-state index contributed by atoms with van der Waals surface area (Å²) >= 11 is 3.49. The number of ether oxygens (including phenoxy) is 2. The van der Waals surface area contributed by atoms with Crippen LogP contribution in [0.5, 0.6) is 11.5 Å². The zero-order chi connectivity index (χ0) is 18.2. The molecule has 0 heterocycles. The van der Waals surface area contributed by atoms with Crippen molar-refractivity contribution < 1.29 is 14.3 Å². The Balaban J connectivity index is 2.30. The smallest absolute Gasteiger partial charge is 0.254 e. The van der Waals surface area contributed by atoms with Crippen LogP contribution in [0.3, 0.4) is 0 Å². The molecule has 4 nitrogen and oxygen atoms in total. The van der Waals surface area contributed by atoms with Crippen molar-refractivity contribution in [3.05, 3.63) is 58.1 Å². The van der Waals surface area contributed by atoms with E-state index in [-0.39, 0.29) is 5.91 Å². The fourth-order valence-corrected chi connectivity index (χ4v) is 3.19. The molecule has 134 valence electrons. The van der Waals surface area contributed by atoms with Crippen LogP contribution in [0.15, 0.2) is 46.9 Å². The Morgan fingerprint density at radius 1 is 1.16 bits per heavy atom. The van der Waals surface area contributed by atoms with Crippen molar-refractivity contribution in [3.63, 3.8) is 0 Å². The number of benzene rings is 2. The van der Waals surface area contributed by atoms with E-state index in [1.165, 1.54) is 0 Å². The Labute approximate surface area is 157 Å². The second-order valence-corrected chi connectivity index (χ2v) is 6.49. The van der Waals surface area contributed by atoms with Gasteiger partial charge in [-0.1, -0.05) is 37.3 Å². The molecule has 0 fully saturated rings. The SMILES string of the molecule is CCCN(Cc1ccccc1)C(=O)c1cc(Br)c(OCC)c(OC)c1. The molecule has 25 heavy (non-hydrogen) atoms. The summed E-state index contributed by atoms with van der Waals surface area (Å²) in [5.74, 6) is 1.15. The summed E-state index contributed by atoms with van der Waals surface area (Å²) in [6, 6.07) is 13.6. The summed E-state index contributed by atoms with van der Waals surface area (Å²) in [5, 5.41) is 0. The first-order valence-electron chi connectivity index (χ1n) is 8.44. The second kappa shape index (κ2) is 9.47. The van der Waals surface area contributed by atoms with E-state index in [1.54, 1.807) is 19.2 Å². The monoisotopic (exact) mass is 405 g/mol. The van der Waals surface area contributed by atoms with E-state index in [1.807, 2.05) is 42.2 Å². The van der Waals surface area contributed by atoms with E-state index in [0.717, 1.165) is 12.0 Å². The third kappa shape index (κ3) is 4.98. The minimum Gasteiger partial charge on any atom is -0.493 e. The van der Waals surface area contributed by atoms with Crippen molar-refractivity contribution in [2.45, 2.75) is 26.8 Å². The van der Waals surface area contributed by atoms with Gasteiger partial charge in [-0.25, -0.2) is 0 Å². The molecule has 0 atom stereocenters. The predicted molar refractivity (Wildman–Crippen MR) is 103 cm³/mol. The van der Waals surface area contributed by atoms with Crippen molar-refractivity contribution >= 4 is 21.8 Å². The maximum Gasteiger partial charge on any atom is 0.254 e. The Morgan fingerprint density at radius 2 is 1.88 bits per heavy atom. The topological polar surface area (TPSA) is 38.8 Å². The van der Waals surface area contributed by atoms with Gasteiger partial charge in [-0.2, -0.15) is 0 Å². The van der Waals surface area contributed by atoms with Crippen molar-refractivity contribution in [2.24, 2.45) is 0 Å². The Hall–Kier alpha value is -2.01. The highest BCUT2D eigenvalue weighted by Gasteiger charge is 2.20. The molecule has 0 aromatic heterocycles. The Morgan fingerprint density at radius 3 is 2.48 bits per heavy atom. The van der Waals surface area contributed by atoms with E-state index in [0.29, 0.717) is 41.2 Å². The van der Waals surface area contributed by atoms with Crippen LogP contribution in [-0.4, -0.2) is 31.1 Å². The van der Waals surface area contributed by atoms with Gasteiger partial charge in [0.15, 0.2) is 11.5 Å². The number of halogens is 1. The first-order chi connectivity index (χ1) is 12.1. The van der Waals surface area contributed by atoms with E-state index in [9.17, 15) is 4.79 Å². The van der Waals surface area contributed by atoms with Crippen LogP contribution in [0, 0.1) is 0 Å². The zero-order valence-electron chi connectivity index (χ0n) is 14.9. The molecule has 5 heteroatoms. The molecule has 1 amide bonds. The number of nitrogens with zero attached hydrogens (tertiary/aromatic N) is 1. The molecular formula is C20H24BrNO3. The van der Waals surface area contributed by atoms with Crippen LogP contribution in [0.25, 0.3) is 0 Å². The number of hydrogen-bond donors (Lipinski definition) is 0. The van der Waals surface area contributed by atoms with E-state index in [4.69, 9.17) is 9.47 Å². The first-order valence-corrected chi connectivity index (χ1v) is 9.23. The summed E-state index contributed by atoms with van der Waals surface area (Å²) < 4.78 is 11.7. The molecule has 2 aromatic rings. The van der Waals surface area contributed by atoms with E-state index in [2.05, 4.69) is 22.9 Å². The summed E-state index contributed by atoms with van der Waals surface area (Å²) in [6.07, 6.45) is 0.897. The van der Waals surface area contributed by atoms with Gasteiger partial charge < -0.3 is 14.4 Å². The van der Waals surface area contributed by atoms with Crippen LogP contribution >= 0.6 is 15.9 Å². The molecule has 0 unspecified atom stereocenters. The number of carbonyl (C=O) groups is 1. The van der Waals surface area contributed by atoms with Gasteiger partial charge in [0.1, 0.15) is 0 Å². The summed E-state index contributed by atoms with van der Waals surface area (Å²) in [6.45, 7) is 5.79. The molecule has 0 saturated carbocycles. The van der Waals surface area contributed by atoms with Crippen molar-refractivity contribution in [1.82, 2.24) is 4.90 Å². The second-order valence-electron chi connectivity index (χ2n) is 5.63. The highest BCUT2D eigenvalue weighted by atomic mass is 79.9. The van der Waals surface area contributed by atoms with Gasteiger partial charge in [-0.15, -0.1) is 0 Å². The number of rotatable bonds is 8. The average molecular weight is 406 g/mol. The third-order valence-corrected chi connectivity index (χ3v) is 4.35. The summed E-state index contributed by atoms with van der Waals surface area (Å²) in [5.41, 5.74) is 1.69. The van der Waals surface area contributed by atoms with Crippen molar-refractivity contribution in [3.8, 4) is 11.5 Å². The standard InChI is InChI=1S/C20H24BrNO3/c1-4-11-22(14-15-9-7-6-8-10-15)20(23)16-12-17(21)19(25-5-2)18(13-16)24-3/h6-10,12-13H,4-5,11,14H2,1-3H3. The van der Waals surface area contributed by atoms with Gasteiger partial charge >= 0.3 is 0 Å². The lowest BCUT2D eigenvalue weighted by Gasteiger charge is -2.23. The number of methoxy groups -OCH3 is 1. The average Bonchev–Trinajstić information content (AvgIpc) is 2.63. The molecule has 0 aliphatic carbocycles. The molecule has 0 N–H and O–H groups in total. The van der Waals surface area contributed by atoms with E-state index < -0.39 is 0 Å². The molecule has 2 aromatic carbocycles. The fourth-order valence-electron chi connectivity index (χ4n) is 2.64. The zero-order valence-corrected chi connectivity index (χ0v) is 16.5. The van der Waals surface area contributed by atoms with E-state index >= 15 is 0 Å². The third-order valence-electron chi connectivity index (χ3n) is 3.76. The first kappa shape index (κ1) is 19.3. The molecule has 0 saturated heterocycles. The number of hydrogen-bond acceptors (Lipinski definition) is 3. The minimum absolute atomic E-state index is 0.0206. The van der Waals surface area contributed by atoms with Crippen LogP contribution in [-0.2, 0) is 6.54 Å². The van der Waals surface area contributed by atoms with Crippen molar-refractivity contribution in [2.75, 3.05) is 20.3 Å².